The number of carbonyl (C=O) groups excluding carboxylic acids is 1. The molecule has 0 spiro atoms. The van der Waals surface area contributed by atoms with Crippen LogP contribution in [-0.2, 0) is 0 Å². The molecule has 1 heterocycles. The number of hydrogen-bond acceptors (Lipinski definition) is 3. The minimum absolute atomic E-state index is 0.126. The van der Waals surface area contributed by atoms with Crippen molar-refractivity contribution in [2.75, 3.05) is 0 Å². The van der Waals surface area contributed by atoms with Crippen LogP contribution in [0.5, 0.6) is 0 Å². The topological polar surface area (TPSA) is 54.9 Å². The van der Waals surface area contributed by atoms with E-state index in [-0.39, 0.29) is 22.9 Å². The summed E-state index contributed by atoms with van der Waals surface area (Å²) in [6, 6.07) is 12.1. The number of nitrogens with zero attached hydrogens (tertiary/aromatic N) is 2. The molecule has 102 valence electrons. The molecule has 0 saturated heterocycles. The average molecular weight is 288 g/mol. The highest BCUT2D eigenvalue weighted by molar-refractivity contribution is 6.29. The van der Waals surface area contributed by atoms with Crippen molar-refractivity contribution in [3.8, 4) is 0 Å². The number of rotatable bonds is 3. The van der Waals surface area contributed by atoms with Crippen LogP contribution >= 0.6 is 11.6 Å². The first-order chi connectivity index (χ1) is 9.72. The summed E-state index contributed by atoms with van der Waals surface area (Å²) in [6.07, 6.45) is 3.39. The van der Waals surface area contributed by atoms with Crippen molar-refractivity contribution in [1.29, 1.82) is 0 Å². The number of amides is 1. The number of nitrogens with one attached hydrogen (secondary N) is 1. The van der Waals surface area contributed by atoms with Crippen LogP contribution in [0.25, 0.3) is 0 Å². The number of halogens is 1. The van der Waals surface area contributed by atoms with Gasteiger partial charge in [-0.1, -0.05) is 41.9 Å². The number of hydrogen-bond donors (Lipinski definition) is 1. The largest absolute Gasteiger partial charge is 0.347 e. The zero-order valence-corrected chi connectivity index (χ0v) is 11.5. The van der Waals surface area contributed by atoms with E-state index in [1.807, 2.05) is 18.2 Å². The second-order valence-electron chi connectivity index (χ2n) is 4.95. The minimum atomic E-state index is -0.260. The second kappa shape index (κ2) is 5.59. The Bertz CT molecular complexity index is 612. The lowest BCUT2D eigenvalue weighted by molar-refractivity contribution is 0.0898. The predicted octanol–water partition coefficient (Wildman–Crippen LogP) is 2.81. The Labute approximate surface area is 122 Å². The maximum atomic E-state index is 11.9. The Morgan fingerprint density at radius 1 is 1.20 bits per heavy atom. The van der Waals surface area contributed by atoms with E-state index in [4.69, 9.17) is 11.6 Å². The molecule has 0 atom stereocenters. The average Bonchev–Trinajstić information content (AvgIpc) is 2.43. The van der Waals surface area contributed by atoms with Gasteiger partial charge in [0.15, 0.2) is 0 Å². The molecule has 0 radical (unpaired) electrons. The third kappa shape index (κ3) is 2.80. The molecule has 0 aliphatic heterocycles. The second-order valence-corrected chi connectivity index (χ2v) is 5.34. The van der Waals surface area contributed by atoms with Gasteiger partial charge in [-0.3, -0.25) is 4.79 Å². The standard InChI is InChI=1S/C15H14ClN3O/c16-13-6-7-17-14(19-13)15(20)18-12-8-11(9-12)10-4-2-1-3-5-10/h1-7,11-12H,8-9H2,(H,18,20)/t11-,12-. The molecule has 4 nitrogen and oxygen atoms in total. The molecule has 1 aromatic heterocycles. The van der Waals surface area contributed by atoms with Crippen LogP contribution in [-0.4, -0.2) is 21.9 Å². The fourth-order valence-corrected chi connectivity index (χ4v) is 2.57. The third-order valence-corrected chi connectivity index (χ3v) is 3.78. The molecular weight excluding hydrogens is 274 g/mol. The van der Waals surface area contributed by atoms with Crippen molar-refractivity contribution in [1.82, 2.24) is 15.3 Å². The maximum absolute atomic E-state index is 11.9. The van der Waals surface area contributed by atoms with Crippen molar-refractivity contribution >= 4 is 17.5 Å². The molecule has 1 saturated carbocycles. The highest BCUT2D eigenvalue weighted by Gasteiger charge is 2.31. The van der Waals surface area contributed by atoms with Crippen LogP contribution in [0.4, 0.5) is 0 Å². The lowest BCUT2D eigenvalue weighted by Gasteiger charge is -2.36. The Morgan fingerprint density at radius 3 is 2.65 bits per heavy atom. The van der Waals surface area contributed by atoms with Crippen LogP contribution in [0.1, 0.15) is 34.9 Å². The van der Waals surface area contributed by atoms with Crippen LogP contribution in [0.15, 0.2) is 42.6 Å². The summed E-state index contributed by atoms with van der Waals surface area (Å²) < 4.78 is 0. The molecule has 2 aromatic rings. The Hall–Kier alpha value is -1.94. The fraction of sp³-hybridized carbons (Fsp3) is 0.267. The van der Waals surface area contributed by atoms with Gasteiger partial charge in [-0.25, -0.2) is 9.97 Å². The normalized spacial score (nSPS) is 21.1. The van der Waals surface area contributed by atoms with Crippen LogP contribution in [0.2, 0.25) is 5.15 Å². The molecule has 1 fully saturated rings. The molecular formula is C15H14ClN3O. The Morgan fingerprint density at radius 2 is 1.95 bits per heavy atom. The minimum Gasteiger partial charge on any atom is -0.347 e. The van der Waals surface area contributed by atoms with E-state index in [0.717, 1.165) is 12.8 Å². The van der Waals surface area contributed by atoms with Crippen molar-refractivity contribution in [2.24, 2.45) is 0 Å². The van der Waals surface area contributed by atoms with Gasteiger partial charge in [0.1, 0.15) is 5.15 Å². The lowest BCUT2D eigenvalue weighted by atomic mass is 9.76. The molecule has 0 bridgehead atoms. The third-order valence-electron chi connectivity index (χ3n) is 3.57. The first kappa shape index (κ1) is 13.1. The molecule has 5 heteroatoms. The highest BCUT2D eigenvalue weighted by Crippen LogP contribution is 2.36. The van der Waals surface area contributed by atoms with Gasteiger partial charge in [0.05, 0.1) is 0 Å². The fourth-order valence-electron chi connectivity index (χ4n) is 2.43. The van der Waals surface area contributed by atoms with Gasteiger partial charge in [0.25, 0.3) is 5.91 Å². The molecule has 3 rings (SSSR count). The van der Waals surface area contributed by atoms with E-state index in [2.05, 4.69) is 27.4 Å². The first-order valence-electron chi connectivity index (χ1n) is 6.57. The smallest absolute Gasteiger partial charge is 0.289 e. The van der Waals surface area contributed by atoms with Gasteiger partial charge in [0.2, 0.25) is 5.82 Å². The number of aromatic nitrogens is 2. The quantitative estimate of drug-likeness (QED) is 0.883. The van der Waals surface area contributed by atoms with E-state index in [1.54, 1.807) is 6.07 Å². The summed E-state index contributed by atoms with van der Waals surface area (Å²) in [6.45, 7) is 0. The van der Waals surface area contributed by atoms with Gasteiger partial charge in [-0.15, -0.1) is 0 Å². The van der Waals surface area contributed by atoms with Gasteiger partial charge in [-0.2, -0.15) is 0 Å². The molecule has 1 N–H and O–H groups in total. The van der Waals surface area contributed by atoms with Crippen molar-refractivity contribution in [3.63, 3.8) is 0 Å². The summed E-state index contributed by atoms with van der Waals surface area (Å²) in [7, 11) is 0. The molecule has 1 aliphatic rings. The Balaban J connectivity index is 1.55. The van der Waals surface area contributed by atoms with E-state index in [1.165, 1.54) is 11.8 Å². The maximum Gasteiger partial charge on any atom is 0.289 e. The monoisotopic (exact) mass is 287 g/mol. The van der Waals surface area contributed by atoms with Crippen LogP contribution in [0.3, 0.4) is 0 Å². The van der Waals surface area contributed by atoms with Crippen molar-refractivity contribution in [2.45, 2.75) is 24.8 Å². The zero-order chi connectivity index (χ0) is 13.9. The van der Waals surface area contributed by atoms with E-state index >= 15 is 0 Å². The number of carbonyl (C=O) groups is 1. The summed E-state index contributed by atoms with van der Waals surface area (Å²) in [5.74, 6) is 0.395. The Kier molecular flexibility index (Phi) is 3.65. The van der Waals surface area contributed by atoms with E-state index in [0.29, 0.717) is 5.92 Å². The summed E-state index contributed by atoms with van der Waals surface area (Å²) in [5, 5.41) is 3.22. The lowest BCUT2D eigenvalue weighted by Crippen LogP contribution is -2.43. The van der Waals surface area contributed by atoms with Crippen molar-refractivity contribution in [3.05, 3.63) is 59.1 Å². The van der Waals surface area contributed by atoms with Gasteiger partial charge in [-0.05, 0) is 30.4 Å². The summed E-state index contributed by atoms with van der Waals surface area (Å²) in [5.41, 5.74) is 1.33. The molecule has 0 unspecified atom stereocenters. The molecule has 20 heavy (non-hydrogen) atoms. The SMILES string of the molecule is O=C(N[C@H]1C[C@H](c2ccccc2)C1)c1nccc(Cl)n1. The number of benzene rings is 1. The van der Waals surface area contributed by atoms with Gasteiger partial charge >= 0.3 is 0 Å². The van der Waals surface area contributed by atoms with Gasteiger partial charge in [0, 0.05) is 12.2 Å². The first-order valence-corrected chi connectivity index (χ1v) is 6.94. The highest BCUT2D eigenvalue weighted by atomic mass is 35.5. The summed E-state index contributed by atoms with van der Waals surface area (Å²) >= 11 is 5.75. The van der Waals surface area contributed by atoms with Crippen molar-refractivity contribution < 1.29 is 4.79 Å². The van der Waals surface area contributed by atoms with Gasteiger partial charge < -0.3 is 5.32 Å². The molecule has 1 amide bonds. The van der Waals surface area contributed by atoms with Crippen LogP contribution < -0.4 is 5.32 Å². The van der Waals surface area contributed by atoms with E-state index < -0.39 is 0 Å². The van der Waals surface area contributed by atoms with Crippen LogP contribution in [0, 0.1) is 0 Å². The van der Waals surface area contributed by atoms with E-state index in [9.17, 15) is 4.79 Å². The molecule has 1 aliphatic carbocycles. The summed E-state index contributed by atoms with van der Waals surface area (Å²) in [4.78, 5) is 19.8. The zero-order valence-electron chi connectivity index (χ0n) is 10.8. The molecule has 1 aromatic carbocycles. The predicted molar refractivity (Wildman–Crippen MR) is 76.7 cm³/mol.